The maximum absolute atomic E-state index is 14.8. The zero-order valence-corrected chi connectivity index (χ0v) is 26.3. The molecule has 0 heterocycles. The van der Waals surface area contributed by atoms with Crippen molar-refractivity contribution in [2.24, 2.45) is 0 Å². The Kier molecular flexibility index (Phi) is 15.0. The predicted molar refractivity (Wildman–Crippen MR) is 133 cm³/mol. The summed E-state index contributed by atoms with van der Waals surface area (Å²) in [6.07, 6.45) is -20.1. The van der Waals surface area contributed by atoms with Crippen molar-refractivity contribution in [1.82, 2.24) is 0 Å². The lowest BCUT2D eigenvalue weighted by molar-refractivity contribution is -0.477. The van der Waals surface area contributed by atoms with Crippen molar-refractivity contribution in [3.05, 3.63) is 22.5 Å². The molecule has 24 heteroatoms. The molecule has 0 spiro atoms. The molecule has 0 aliphatic heterocycles. The lowest BCUT2D eigenvalue weighted by Crippen LogP contribution is -2.75. The van der Waals surface area contributed by atoms with Gasteiger partial charge in [-0.05, 0) is 26.7 Å². The van der Waals surface area contributed by atoms with E-state index in [-0.39, 0.29) is 19.8 Å². The Morgan fingerprint density at radius 2 is 0.902 bits per heavy atom. The van der Waals surface area contributed by atoms with Gasteiger partial charge in [-0.25, -0.2) is 9.59 Å². The van der Waals surface area contributed by atoms with Crippen molar-refractivity contribution in [3.8, 4) is 0 Å². The monoisotopic (exact) mass is 796 g/mol. The Labute approximate surface area is 275 Å². The van der Waals surface area contributed by atoms with E-state index in [0.29, 0.717) is 19.8 Å². The first-order valence-corrected chi connectivity index (χ1v) is 14.1. The van der Waals surface area contributed by atoms with Crippen LogP contribution in [0.3, 0.4) is 0 Å². The lowest BCUT2D eigenvalue weighted by Gasteiger charge is -2.43. The third-order valence-corrected chi connectivity index (χ3v) is 7.08. The van der Waals surface area contributed by atoms with E-state index >= 15 is 0 Å². The average molecular weight is 796 g/mol. The molecule has 0 aliphatic carbocycles. The molecule has 300 valence electrons. The number of rotatable bonds is 17. The van der Waals surface area contributed by atoms with Gasteiger partial charge in [-0.15, -0.1) is 0 Å². The molecule has 0 radical (unpaired) electrons. The maximum Gasteiger partial charge on any atom is 0.467 e. The van der Waals surface area contributed by atoms with Crippen LogP contribution in [0.1, 0.15) is 79.1 Å². The first kappa shape index (κ1) is 48.0. The molecule has 0 N–H and O–H groups in total. The van der Waals surface area contributed by atoms with Crippen LogP contribution in [-0.4, -0.2) is 65.9 Å². The Morgan fingerprint density at radius 1 is 0.490 bits per heavy atom. The van der Waals surface area contributed by atoms with Gasteiger partial charge in [0.25, 0.3) is 0 Å². The van der Waals surface area contributed by atoms with E-state index in [0.717, 1.165) is 19.8 Å². The van der Waals surface area contributed by atoms with Gasteiger partial charge in [0.1, 0.15) is 5.76 Å². The van der Waals surface area contributed by atoms with E-state index in [2.05, 4.69) is 9.47 Å². The van der Waals surface area contributed by atoms with Crippen LogP contribution in [0.15, 0.2) is 22.5 Å². The molecule has 0 bridgehead atoms. The van der Waals surface area contributed by atoms with Gasteiger partial charge in [0.15, 0.2) is 0 Å². The van der Waals surface area contributed by atoms with Gasteiger partial charge in [0, 0.05) is 17.6 Å². The molecule has 0 aliphatic rings. The summed E-state index contributed by atoms with van der Waals surface area (Å²) < 4.78 is 277. The molecule has 0 aromatic carbocycles. The van der Waals surface area contributed by atoms with Crippen molar-refractivity contribution in [3.63, 3.8) is 0 Å². The smallest absolute Gasteiger partial charge is 0.427 e. The third kappa shape index (κ3) is 9.34. The first-order valence-electron chi connectivity index (χ1n) is 14.1. The number of halogens is 20. The zero-order valence-electron chi connectivity index (χ0n) is 26.3. The quantitative estimate of drug-likeness (QED) is 0.0484. The second-order valence-corrected chi connectivity index (χ2v) is 10.8. The highest BCUT2D eigenvalue weighted by Crippen LogP contribution is 2.64. The summed E-state index contributed by atoms with van der Waals surface area (Å²) >= 11 is 0. The summed E-state index contributed by atoms with van der Waals surface area (Å²) in [6, 6.07) is 0. The number of ether oxygens (including phenoxy) is 2. The standard InChI is InChI=1S/C27H28F20O4/c1-5-7-8-9-10-11-12-15(19(28,29)30)13(3)17(48)50-16(6-2)14(4)18(49)51-25(41,27(45,46)47)23(37,38)21(33,34)20(31,32)22(35,36)24(39,40)26(42,43)44/h5-12H2,1-4H3. The fraction of sp³-hybridized carbons (Fsp3) is 0.778. The maximum atomic E-state index is 14.8. The minimum absolute atomic E-state index is 0.0637. The number of esters is 2. The Morgan fingerprint density at radius 3 is 1.29 bits per heavy atom. The SMILES string of the molecule is CCCCCCCCC(=C(C)C(=O)OC(CC)=C(C)C(=O)OC(F)(C(F)(F)F)C(F)(F)C(F)(F)C(F)(F)C(F)(F)C(F)(F)C(F)(F)F)C(F)(F)F. The molecule has 1 atom stereocenters. The molecule has 0 fully saturated rings. The molecule has 0 aromatic heterocycles. The number of carbonyl (C=O) groups excluding carboxylic acids is 2. The van der Waals surface area contributed by atoms with Crippen LogP contribution >= 0.6 is 0 Å². The number of carbonyl (C=O) groups is 2. The minimum Gasteiger partial charge on any atom is -0.427 e. The summed E-state index contributed by atoms with van der Waals surface area (Å²) in [5.74, 6) is -58.4. The molecule has 51 heavy (non-hydrogen) atoms. The Balaban J connectivity index is 6.89. The zero-order chi connectivity index (χ0) is 41.0. The highest BCUT2D eigenvalue weighted by atomic mass is 19.4. The normalized spacial score (nSPS) is 16.6. The molecular weight excluding hydrogens is 768 g/mol. The van der Waals surface area contributed by atoms with Gasteiger partial charge < -0.3 is 9.47 Å². The molecule has 0 saturated carbocycles. The van der Waals surface area contributed by atoms with Crippen LogP contribution in [0.2, 0.25) is 0 Å². The second kappa shape index (κ2) is 15.9. The lowest BCUT2D eigenvalue weighted by atomic mass is 9.90. The molecule has 0 rings (SSSR count). The summed E-state index contributed by atoms with van der Waals surface area (Å²) in [5, 5.41) is 0. The minimum atomic E-state index is -8.91. The van der Waals surface area contributed by atoms with E-state index in [1.165, 1.54) is 0 Å². The van der Waals surface area contributed by atoms with E-state index in [1.807, 2.05) is 6.92 Å². The number of unbranched alkanes of at least 4 members (excludes halogenated alkanes) is 5. The van der Waals surface area contributed by atoms with Crippen molar-refractivity contribution >= 4 is 11.9 Å². The van der Waals surface area contributed by atoms with Gasteiger partial charge in [-0.1, -0.05) is 46.0 Å². The van der Waals surface area contributed by atoms with Crippen LogP contribution in [0.25, 0.3) is 0 Å². The van der Waals surface area contributed by atoms with E-state index in [1.54, 1.807) is 0 Å². The average Bonchev–Trinajstić information content (AvgIpc) is 2.96. The highest BCUT2D eigenvalue weighted by Gasteiger charge is 2.96. The fourth-order valence-electron chi connectivity index (χ4n) is 3.94. The molecule has 4 nitrogen and oxygen atoms in total. The van der Waals surface area contributed by atoms with Gasteiger partial charge in [0.2, 0.25) is 0 Å². The van der Waals surface area contributed by atoms with E-state index < -0.39 is 101 Å². The first-order chi connectivity index (χ1) is 22.5. The topological polar surface area (TPSA) is 52.6 Å². The summed E-state index contributed by atoms with van der Waals surface area (Å²) in [7, 11) is 0. The number of hydrogen-bond acceptors (Lipinski definition) is 4. The summed E-state index contributed by atoms with van der Waals surface area (Å²) in [5.41, 5.74) is -4.62. The number of hydrogen-bond donors (Lipinski definition) is 0. The Hall–Kier alpha value is -2.98. The van der Waals surface area contributed by atoms with Crippen LogP contribution in [0, 0.1) is 0 Å². The van der Waals surface area contributed by atoms with Crippen LogP contribution in [0.5, 0.6) is 0 Å². The van der Waals surface area contributed by atoms with Crippen molar-refractivity contribution in [2.45, 2.75) is 133 Å². The van der Waals surface area contributed by atoms with E-state index in [4.69, 9.17) is 0 Å². The summed E-state index contributed by atoms with van der Waals surface area (Å²) in [6.45, 7) is 3.20. The largest absolute Gasteiger partial charge is 0.467 e. The fourth-order valence-corrected chi connectivity index (χ4v) is 3.94. The van der Waals surface area contributed by atoms with Crippen molar-refractivity contribution in [2.75, 3.05) is 0 Å². The van der Waals surface area contributed by atoms with Crippen molar-refractivity contribution < 1.29 is 107 Å². The number of alkyl halides is 20. The molecule has 0 amide bonds. The van der Waals surface area contributed by atoms with Crippen LogP contribution in [0.4, 0.5) is 87.8 Å². The van der Waals surface area contributed by atoms with Crippen LogP contribution in [-0.2, 0) is 19.1 Å². The van der Waals surface area contributed by atoms with Gasteiger partial charge in [-0.3, -0.25) is 0 Å². The van der Waals surface area contributed by atoms with Crippen LogP contribution < -0.4 is 0 Å². The van der Waals surface area contributed by atoms with E-state index in [9.17, 15) is 97.4 Å². The van der Waals surface area contributed by atoms with Gasteiger partial charge >= 0.3 is 65.9 Å². The Bertz CT molecular complexity index is 1290. The molecular formula is C27H28F20O4. The van der Waals surface area contributed by atoms with Gasteiger partial charge in [-0.2, -0.15) is 87.8 Å². The van der Waals surface area contributed by atoms with Gasteiger partial charge in [0.05, 0.1) is 5.57 Å². The summed E-state index contributed by atoms with van der Waals surface area (Å²) in [4.78, 5) is 24.7. The highest BCUT2D eigenvalue weighted by molar-refractivity contribution is 5.92. The molecule has 0 saturated heterocycles. The third-order valence-electron chi connectivity index (χ3n) is 7.08. The number of allylic oxidation sites excluding steroid dienone is 2. The molecule has 1 unspecified atom stereocenters. The second-order valence-electron chi connectivity index (χ2n) is 10.8. The van der Waals surface area contributed by atoms with Crippen molar-refractivity contribution in [1.29, 1.82) is 0 Å². The molecule has 0 aromatic rings. The predicted octanol–water partition coefficient (Wildman–Crippen LogP) is 11.4.